The van der Waals surface area contributed by atoms with Crippen LogP contribution in [-0.4, -0.2) is 11.1 Å². The summed E-state index contributed by atoms with van der Waals surface area (Å²) in [6.07, 6.45) is 0.929. The molecular formula is C10H7BrF2O2. The van der Waals surface area contributed by atoms with E-state index in [-0.39, 0.29) is 4.47 Å². The fourth-order valence-electron chi connectivity index (χ4n) is 1.62. The van der Waals surface area contributed by atoms with Crippen LogP contribution in [0, 0.1) is 11.6 Å². The third-order valence-corrected chi connectivity index (χ3v) is 3.49. The molecular weight excluding hydrogens is 270 g/mol. The Labute approximate surface area is 93.0 Å². The van der Waals surface area contributed by atoms with Crippen molar-refractivity contribution in [1.82, 2.24) is 0 Å². The maximum atomic E-state index is 13.2. The van der Waals surface area contributed by atoms with Crippen molar-refractivity contribution < 1.29 is 18.7 Å². The lowest BCUT2D eigenvalue weighted by molar-refractivity contribution is -0.140. The van der Waals surface area contributed by atoms with Gasteiger partial charge in [0.25, 0.3) is 0 Å². The molecule has 2 nitrogen and oxygen atoms in total. The van der Waals surface area contributed by atoms with E-state index in [1.54, 1.807) is 0 Å². The van der Waals surface area contributed by atoms with Gasteiger partial charge in [0.2, 0.25) is 0 Å². The highest BCUT2D eigenvalue weighted by atomic mass is 79.9. The second-order valence-corrected chi connectivity index (χ2v) is 4.40. The van der Waals surface area contributed by atoms with Crippen LogP contribution in [0.1, 0.15) is 18.4 Å². The van der Waals surface area contributed by atoms with E-state index in [9.17, 15) is 13.6 Å². The van der Waals surface area contributed by atoms with Gasteiger partial charge in [-0.2, -0.15) is 0 Å². The molecule has 80 valence electrons. The van der Waals surface area contributed by atoms with Crippen molar-refractivity contribution in [3.63, 3.8) is 0 Å². The zero-order chi connectivity index (χ0) is 11.2. The highest BCUT2D eigenvalue weighted by Crippen LogP contribution is 2.51. The molecule has 0 unspecified atom stereocenters. The van der Waals surface area contributed by atoms with E-state index in [2.05, 4.69) is 15.9 Å². The second-order valence-electron chi connectivity index (χ2n) is 3.61. The number of hydrogen-bond acceptors (Lipinski definition) is 1. The number of carbonyl (C=O) groups is 1. The van der Waals surface area contributed by atoms with E-state index in [4.69, 9.17) is 5.11 Å². The van der Waals surface area contributed by atoms with E-state index < -0.39 is 23.0 Å². The molecule has 0 heterocycles. The van der Waals surface area contributed by atoms with Crippen LogP contribution in [0.3, 0.4) is 0 Å². The Morgan fingerprint density at radius 2 is 2.00 bits per heavy atom. The molecule has 0 radical (unpaired) electrons. The van der Waals surface area contributed by atoms with E-state index in [0.717, 1.165) is 6.07 Å². The molecule has 15 heavy (non-hydrogen) atoms. The van der Waals surface area contributed by atoms with Gasteiger partial charge in [-0.15, -0.1) is 0 Å². The van der Waals surface area contributed by atoms with Crippen LogP contribution in [-0.2, 0) is 10.2 Å². The monoisotopic (exact) mass is 276 g/mol. The number of rotatable bonds is 2. The van der Waals surface area contributed by atoms with Crippen molar-refractivity contribution in [2.45, 2.75) is 18.3 Å². The predicted octanol–water partition coefficient (Wildman–Crippen LogP) is 2.84. The first-order valence-electron chi connectivity index (χ1n) is 4.36. The van der Waals surface area contributed by atoms with Crippen molar-refractivity contribution in [2.24, 2.45) is 0 Å². The van der Waals surface area contributed by atoms with Gasteiger partial charge in [0.05, 0.1) is 9.89 Å². The minimum atomic E-state index is -1.03. The maximum absolute atomic E-state index is 13.2. The Balaban J connectivity index is 2.55. The van der Waals surface area contributed by atoms with E-state index in [0.29, 0.717) is 18.4 Å². The number of benzene rings is 1. The van der Waals surface area contributed by atoms with Gasteiger partial charge >= 0.3 is 5.97 Å². The smallest absolute Gasteiger partial charge is 0.314 e. The number of halogens is 3. The summed E-state index contributed by atoms with van der Waals surface area (Å²) in [5.41, 5.74) is -0.707. The lowest BCUT2D eigenvalue weighted by Gasteiger charge is -2.12. The van der Waals surface area contributed by atoms with Gasteiger partial charge in [-0.3, -0.25) is 4.79 Å². The van der Waals surface area contributed by atoms with Crippen LogP contribution in [0.2, 0.25) is 0 Å². The lowest BCUT2D eigenvalue weighted by Crippen LogP contribution is -2.20. The first-order chi connectivity index (χ1) is 6.99. The molecule has 2 rings (SSSR count). The Bertz CT molecular complexity index is 441. The summed E-state index contributed by atoms with van der Waals surface area (Å²) >= 11 is 2.90. The molecule has 1 aliphatic carbocycles. The molecule has 0 spiro atoms. The van der Waals surface area contributed by atoms with Crippen molar-refractivity contribution in [3.8, 4) is 0 Å². The number of carboxylic acid groups (broad SMARTS) is 1. The topological polar surface area (TPSA) is 37.3 Å². The van der Waals surface area contributed by atoms with Crippen LogP contribution >= 0.6 is 15.9 Å². The Morgan fingerprint density at radius 1 is 1.40 bits per heavy atom. The zero-order valence-electron chi connectivity index (χ0n) is 7.56. The minimum absolute atomic E-state index is 0.0811. The largest absolute Gasteiger partial charge is 0.481 e. The van der Waals surface area contributed by atoms with Gasteiger partial charge in [-0.25, -0.2) is 8.78 Å². The molecule has 0 aliphatic heterocycles. The first kappa shape index (κ1) is 10.5. The average molecular weight is 277 g/mol. The summed E-state index contributed by atoms with van der Waals surface area (Å²) < 4.78 is 25.9. The fraction of sp³-hybridized carbons (Fsp3) is 0.300. The zero-order valence-corrected chi connectivity index (χ0v) is 9.14. The molecule has 0 saturated heterocycles. The van der Waals surface area contributed by atoms with Crippen LogP contribution in [0.5, 0.6) is 0 Å². The molecule has 1 aromatic rings. The molecule has 1 fully saturated rings. The number of aliphatic carboxylic acids is 1. The normalized spacial score (nSPS) is 17.5. The lowest BCUT2D eigenvalue weighted by atomic mass is 9.96. The van der Waals surface area contributed by atoms with Crippen LogP contribution < -0.4 is 0 Å². The van der Waals surface area contributed by atoms with Gasteiger partial charge < -0.3 is 5.11 Å². The highest BCUT2D eigenvalue weighted by Gasteiger charge is 2.53. The van der Waals surface area contributed by atoms with Gasteiger partial charge in [0, 0.05) is 0 Å². The van der Waals surface area contributed by atoms with E-state index in [1.165, 1.54) is 6.07 Å². The number of hydrogen-bond donors (Lipinski definition) is 1. The minimum Gasteiger partial charge on any atom is -0.481 e. The Kier molecular flexibility index (Phi) is 2.30. The summed E-state index contributed by atoms with van der Waals surface area (Å²) in [5, 5.41) is 9.00. The SMILES string of the molecule is O=C(O)C1(c2ccc(F)c(F)c2Br)CC1. The van der Waals surface area contributed by atoms with Crippen molar-refractivity contribution in [1.29, 1.82) is 0 Å². The van der Waals surface area contributed by atoms with Gasteiger partial charge in [-0.1, -0.05) is 6.07 Å². The fourth-order valence-corrected chi connectivity index (χ4v) is 2.32. The predicted molar refractivity (Wildman–Crippen MR) is 52.6 cm³/mol. The summed E-state index contributed by atoms with van der Waals surface area (Å²) in [6, 6.07) is 2.28. The summed E-state index contributed by atoms with van der Waals surface area (Å²) in [4.78, 5) is 11.0. The van der Waals surface area contributed by atoms with Crippen molar-refractivity contribution >= 4 is 21.9 Å². The number of carboxylic acids is 1. The molecule has 5 heteroatoms. The van der Waals surface area contributed by atoms with Crippen molar-refractivity contribution in [3.05, 3.63) is 33.8 Å². The van der Waals surface area contributed by atoms with E-state index in [1.807, 2.05) is 0 Å². The molecule has 1 aliphatic rings. The second kappa shape index (κ2) is 3.27. The summed E-state index contributed by atoms with van der Waals surface area (Å²) in [7, 11) is 0. The average Bonchev–Trinajstić information content (AvgIpc) is 2.95. The summed E-state index contributed by atoms with van der Waals surface area (Å²) in [5.74, 6) is -3.00. The quantitative estimate of drug-likeness (QED) is 0.844. The van der Waals surface area contributed by atoms with Gasteiger partial charge in [0.15, 0.2) is 11.6 Å². The van der Waals surface area contributed by atoms with Gasteiger partial charge in [0.1, 0.15) is 0 Å². The molecule has 1 saturated carbocycles. The standard InChI is InChI=1S/C10H7BrF2O2/c11-7-5(1-2-6(12)8(7)13)10(3-4-10)9(14)15/h1-2H,3-4H2,(H,14,15). The van der Waals surface area contributed by atoms with Crippen LogP contribution in [0.4, 0.5) is 8.78 Å². The first-order valence-corrected chi connectivity index (χ1v) is 5.16. The highest BCUT2D eigenvalue weighted by molar-refractivity contribution is 9.10. The molecule has 1 aromatic carbocycles. The molecule has 1 N–H and O–H groups in total. The third-order valence-electron chi connectivity index (χ3n) is 2.71. The summed E-state index contributed by atoms with van der Waals surface area (Å²) in [6.45, 7) is 0. The third kappa shape index (κ3) is 1.45. The molecule has 0 bridgehead atoms. The molecule has 0 amide bonds. The van der Waals surface area contributed by atoms with Crippen molar-refractivity contribution in [2.75, 3.05) is 0 Å². The maximum Gasteiger partial charge on any atom is 0.314 e. The Morgan fingerprint density at radius 3 is 2.47 bits per heavy atom. The van der Waals surface area contributed by atoms with Gasteiger partial charge in [-0.05, 0) is 40.4 Å². The van der Waals surface area contributed by atoms with Crippen LogP contribution in [0.25, 0.3) is 0 Å². The van der Waals surface area contributed by atoms with E-state index >= 15 is 0 Å². The Hall–Kier alpha value is -0.970. The molecule has 0 aromatic heterocycles. The molecule has 0 atom stereocenters. The van der Waals surface area contributed by atoms with Crippen LogP contribution in [0.15, 0.2) is 16.6 Å².